The van der Waals surface area contributed by atoms with Crippen LogP contribution in [0.1, 0.15) is 12.8 Å². The summed E-state index contributed by atoms with van der Waals surface area (Å²) in [5, 5.41) is 3.49. The van der Waals surface area contributed by atoms with E-state index in [0.29, 0.717) is 6.04 Å². The lowest BCUT2D eigenvalue weighted by Crippen LogP contribution is -2.27. The lowest BCUT2D eigenvalue weighted by Gasteiger charge is -2.24. The SMILES string of the molecule is O=c1[nH]c2cc(Br)c(NC3CCOCC3)cc2[nH]1. The molecule has 5 nitrogen and oxygen atoms in total. The van der Waals surface area contributed by atoms with Crippen molar-refractivity contribution in [2.24, 2.45) is 0 Å². The predicted octanol–water partition coefficient (Wildman–Crippen LogP) is 2.21. The zero-order valence-corrected chi connectivity index (χ0v) is 11.3. The molecule has 0 bridgehead atoms. The molecule has 1 saturated heterocycles. The number of ether oxygens (including phenoxy) is 1. The van der Waals surface area contributed by atoms with Crippen LogP contribution in [0.3, 0.4) is 0 Å². The van der Waals surface area contributed by atoms with E-state index in [-0.39, 0.29) is 5.69 Å². The third-order valence-corrected chi connectivity index (χ3v) is 3.84. The highest BCUT2D eigenvalue weighted by Gasteiger charge is 2.15. The third kappa shape index (κ3) is 2.30. The first-order valence-corrected chi connectivity index (χ1v) is 6.77. The number of nitrogens with one attached hydrogen (secondary N) is 3. The monoisotopic (exact) mass is 311 g/mol. The summed E-state index contributed by atoms with van der Waals surface area (Å²) in [5.41, 5.74) is 2.45. The standard InChI is InChI=1S/C12H14BrN3O2/c13-8-5-10-11(16-12(17)15-10)6-9(8)14-7-1-3-18-4-2-7/h5-7,14H,1-4H2,(H2,15,16,17). The fraction of sp³-hybridized carbons (Fsp3) is 0.417. The molecule has 0 aliphatic carbocycles. The van der Waals surface area contributed by atoms with Crippen LogP contribution in [0.25, 0.3) is 11.0 Å². The molecule has 0 radical (unpaired) electrons. The molecule has 96 valence electrons. The van der Waals surface area contributed by atoms with Crippen molar-refractivity contribution in [2.75, 3.05) is 18.5 Å². The average Bonchev–Trinajstić information content (AvgIpc) is 2.70. The Balaban J connectivity index is 1.90. The van der Waals surface area contributed by atoms with Crippen molar-refractivity contribution in [1.82, 2.24) is 9.97 Å². The number of halogens is 1. The molecule has 0 amide bonds. The molecule has 2 heterocycles. The molecule has 0 spiro atoms. The van der Waals surface area contributed by atoms with Gasteiger partial charge < -0.3 is 20.0 Å². The molecule has 0 unspecified atom stereocenters. The highest BCUT2D eigenvalue weighted by atomic mass is 79.9. The summed E-state index contributed by atoms with van der Waals surface area (Å²) in [4.78, 5) is 16.7. The van der Waals surface area contributed by atoms with Gasteiger partial charge in [0.2, 0.25) is 0 Å². The number of rotatable bonds is 2. The number of imidazole rings is 1. The Morgan fingerprint density at radius 2 is 1.89 bits per heavy atom. The van der Waals surface area contributed by atoms with E-state index in [1.165, 1.54) is 0 Å². The van der Waals surface area contributed by atoms with Crippen LogP contribution in [0.15, 0.2) is 21.4 Å². The molecule has 18 heavy (non-hydrogen) atoms. The largest absolute Gasteiger partial charge is 0.381 e. The molecule has 1 aliphatic heterocycles. The van der Waals surface area contributed by atoms with Crippen molar-refractivity contribution >= 4 is 32.7 Å². The molecule has 1 aromatic heterocycles. The Morgan fingerprint density at radius 3 is 2.61 bits per heavy atom. The van der Waals surface area contributed by atoms with Gasteiger partial charge in [-0.3, -0.25) is 0 Å². The highest BCUT2D eigenvalue weighted by molar-refractivity contribution is 9.10. The Kier molecular flexibility index (Phi) is 3.13. The topological polar surface area (TPSA) is 69.9 Å². The second-order valence-electron chi connectivity index (χ2n) is 4.49. The smallest absolute Gasteiger partial charge is 0.323 e. The number of fused-ring (bicyclic) bond motifs is 1. The van der Waals surface area contributed by atoms with Crippen molar-refractivity contribution in [1.29, 1.82) is 0 Å². The summed E-state index contributed by atoms with van der Waals surface area (Å²) in [7, 11) is 0. The minimum Gasteiger partial charge on any atom is -0.381 e. The summed E-state index contributed by atoms with van der Waals surface area (Å²) in [6.45, 7) is 1.61. The fourth-order valence-electron chi connectivity index (χ4n) is 2.23. The maximum atomic E-state index is 11.2. The van der Waals surface area contributed by atoms with Crippen LogP contribution in [-0.4, -0.2) is 29.2 Å². The predicted molar refractivity (Wildman–Crippen MR) is 74.1 cm³/mol. The van der Waals surface area contributed by atoms with Gasteiger partial charge in [0, 0.05) is 23.7 Å². The second kappa shape index (κ2) is 4.78. The molecule has 3 N–H and O–H groups in total. The number of anilines is 1. The van der Waals surface area contributed by atoms with Crippen LogP contribution in [0, 0.1) is 0 Å². The first-order chi connectivity index (χ1) is 8.72. The van der Waals surface area contributed by atoms with Crippen LogP contribution in [0.4, 0.5) is 5.69 Å². The van der Waals surface area contributed by atoms with E-state index in [1.54, 1.807) is 0 Å². The molecular weight excluding hydrogens is 298 g/mol. The van der Waals surface area contributed by atoms with E-state index in [4.69, 9.17) is 4.74 Å². The lowest BCUT2D eigenvalue weighted by atomic mass is 10.1. The normalized spacial score (nSPS) is 17.2. The van der Waals surface area contributed by atoms with Crippen molar-refractivity contribution in [3.63, 3.8) is 0 Å². The van der Waals surface area contributed by atoms with E-state index in [1.807, 2.05) is 12.1 Å². The van der Waals surface area contributed by atoms with Crippen molar-refractivity contribution < 1.29 is 4.74 Å². The second-order valence-corrected chi connectivity index (χ2v) is 5.34. The van der Waals surface area contributed by atoms with Gasteiger partial charge in [-0.05, 0) is 40.9 Å². The van der Waals surface area contributed by atoms with Gasteiger partial charge in [0.1, 0.15) is 0 Å². The van der Waals surface area contributed by atoms with Crippen LogP contribution >= 0.6 is 15.9 Å². The number of hydrogen-bond acceptors (Lipinski definition) is 3. The van der Waals surface area contributed by atoms with Gasteiger partial charge in [-0.1, -0.05) is 0 Å². The summed E-state index contributed by atoms with van der Waals surface area (Å²) >= 11 is 3.52. The molecule has 0 saturated carbocycles. The lowest BCUT2D eigenvalue weighted by molar-refractivity contribution is 0.0904. The van der Waals surface area contributed by atoms with Gasteiger partial charge in [-0.2, -0.15) is 0 Å². The van der Waals surface area contributed by atoms with Crippen LogP contribution < -0.4 is 11.0 Å². The van der Waals surface area contributed by atoms with Gasteiger partial charge in [-0.15, -0.1) is 0 Å². The van der Waals surface area contributed by atoms with E-state index < -0.39 is 0 Å². The minimum atomic E-state index is -0.180. The Labute approximate surface area is 112 Å². The molecule has 6 heteroatoms. The van der Waals surface area contributed by atoms with Crippen LogP contribution in [0.5, 0.6) is 0 Å². The average molecular weight is 312 g/mol. The highest BCUT2D eigenvalue weighted by Crippen LogP contribution is 2.28. The van der Waals surface area contributed by atoms with Gasteiger partial charge >= 0.3 is 5.69 Å². The third-order valence-electron chi connectivity index (χ3n) is 3.18. The number of H-pyrrole nitrogens is 2. The van der Waals surface area contributed by atoms with Gasteiger partial charge in [0.25, 0.3) is 0 Å². The maximum Gasteiger partial charge on any atom is 0.323 e. The van der Waals surface area contributed by atoms with E-state index in [9.17, 15) is 4.79 Å². The Morgan fingerprint density at radius 1 is 1.22 bits per heavy atom. The number of benzene rings is 1. The van der Waals surface area contributed by atoms with Gasteiger partial charge in [0.05, 0.1) is 16.7 Å². The molecule has 2 aromatic rings. The summed E-state index contributed by atoms with van der Waals surface area (Å²) in [5.74, 6) is 0. The van der Waals surface area contributed by atoms with Gasteiger partial charge in [-0.25, -0.2) is 4.79 Å². The number of aromatic nitrogens is 2. The number of hydrogen-bond donors (Lipinski definition) is 3. The minimum absolute atomic E-state index is 0.180. The molecule has 1 aromatic carbocycles. The van der Waals surface area contributed by atoms with E-state index >= 15 is 0 Å². The molecule has 1 fully saturated rings. The molecule has 0 atom stereocenters. The fourth-order valence-corrected chi connectivity index (χ4v) is 2.69. The van der Waals surface area contributed by atoms with E-state index in [2.05, 4.69) is 31.2 Å². The van der Waals surface area contributed by atoms with Crippen molar-refractivity contribution in [3.05, 3.63) is 27.1 Å². The van der Waals surface area contributed by atoms with Gasteiger partial charge in [0.15, 0.2) is 0 Å². The molecule has 3 rings (SSSR count). The van der Waals surface area contributed by atoms with Crippen molar-refractivity contribution in [2.45, 2.75) is 18.9 Å². The summed E-state index contributed by atoms with van der Waals surface area (Å²) in [6, 6.07) is 4.29. The maximum absolute atomic E-state index is 11.2. The van der Waals surface area contributed by atoms with Crippen molar-refractivity contribution in [3.8, 4) is 0 Å². The summed E-state index contributed by atoms with van der Waals surface area (Å²) in [6.07, 6.45) is 2.02. The zero-order valence-electron chi connectivity index (χ0n) is 9.75. The number of aromatic amines is 2. The summed E-state index contributed by atoms with van der Waals surface area (Å²) < 4.78 is 6.29. The zero-order chi connectivity index (χ0) is 12.5. The molecular formula is C12H14BrN3O2. The van der Waals surface area contributed by atoms with Crippen LogP contribution in [0.2, 0.25) is 0 Å². The quantitative estimate of drug-likeness (QED) is 0.796. The first kappa shape index (κ1) is 11.8. The Bertz CT molecular complexity index is 613. The van der Waals surface area contributed by atoms with E-state index in [0.717, 1.165) is 47.2 Å². The Hall–Kier alpha value is -1.27. The molecule has 1 aliphatic rings. The van der Waals surface area contributed by atoms with Crippen LogP contribution in [-0.2, 0) is 4.74 Å². The first-order valence-electron chi connectivity index (χ1n) is 5.98.